The molecule has 150 valence electrons. The van der Waals surface area contributed by atoms with E-state index in [4.69, 9.17) is 0 Å². The quantitative estimate of drug-likeness (QED) is 0.382. The SMILES string of the molecule is O=C(CSc1nncc2ccccc12)N(CCc1ccccc1)Cc1ccccc1. The van der Waals surface area contributed by atoms with Gasteiger partial charge in [0.15, 0.2) is 0 Å². The highest BCUT2D eigenvalue weighted by Gasteiger charge is 2.16. The summed E-state index contributed by atoms with van der Waals surface area (Å²) in [5.74, 6) is 0.444. The fourth-order valence-electron chi connectivity index (χ4n) is 3.33. The predicted molar refractivity (Wildman–Crippen MR) is 122 cm³/mol. The molecule has 4 aromatic rings. The van der Waals surface area contributed by atoms with E-state index in [-0.39, 0.29) is 5.91 Å². The zero-order valence-corrected chi connectivity index (χ0v) is 17.5. The topological polar surface area (TPSA) is 46.1 Å². The molecule has 0 atom stereocenters. The Morgan fingerprint density at radius 3 is 2.27 bits per heavy atom. The van der Waals surface area contributed by atoms with Gasteiger partial charge in [-0.25, -0.2) is 0 Å². The number of rotatable bonds is 8. The van der Waals surface area contributed by atoms with Gasteiger partial charge in [0.2, 0.25) is 5.91 Å². The number of thioether (sulfide) groups is 1. The summed E-state index contributed by atoms with van der Waals surface area (Å²) in [7, 11) is 0. The van der Waals surface area contributed by atoms with E-state index < -0.39 is 0 Å². The van der Waals surface area contributed by atoms with Crippen LogP contribution in [0.1, 0.15) is 11.1 Å². The third-order valence-electron chi connectivity index (χ3n) is 4.95. The molecule has 1 amide bonds. The average Bonchev–Trinajstić information content (AvgIpc) is 2.81. The van der Waals surface area contributed by atoms with Crippen molar-refractivity contribution in [3.05, 3.63) is 102 Å². The molecule has 0 aliphatic carbocycles. The van der Waals surface area contributed by atoms with Crippen LogP contribution in [-0.2, 0) is 17.8 Å². The Kier molecular flexibility index (Phi) is 6.72. The Hall–Kier alpha value is -3.18. The Morgan fingerprint density at radius 1 is 0.833 bits per heavy atom. The van der Waals surface area contributed by atoms with Crippen molar-refractivity contribution in [3.8, 4) is 0 Å². The highest BCUT2D eigenvalue weighted by Crippen LogP contribution is 2.25. The molecular formula is C25H23N3OS. The number of carbonyl (C=O) groups is 1. The monoisotopic (exact) mass is 413 g/mol. The van der Waals surface area contributed by atoms with Gasteiger partial charge in [0.25, 0.3) is 0 Å². The summed E-state index contributed by atoms with van der Waals surface area (Å²) in [5, 5.41) is 11.2. The molecular weight excluding hydrogens is 390 g/mol. The van der Waals surface area contributed by atoms with Gasteiger partial charge in [0.05, 0.1) is 11.9 Å². The number of nitrogens with zero attached hydrogens (tertiary/aromatic N) is 3. The van der Waals surface area contributed by atoms with Gasteiger partial charge in [-0.05, 0) is 17.5 Å². The summed E-state index contributed by atoms with van der Waals surface area (Å²) >= 11 is 1.45. The van der Waals surface area contributed by atoms with Crippen molar-refractivity contribution in [2.24, 2.45) is 0 Å². The zero-order valence-electron chi connectivity index (χ0n) is 16.6. The molecule has 0 saturated carbocycles. The average molecular weight is 414 g/mol. The molecule has 0 bridgehead atoms. The molecule has 3 aromatic carbocycles. The maximum Gasteiger partial charge on any atom is 0.233 e. The highest BCUT2D eigenvalue weighted by atomic mass is 32.2. The Balaban J connectivity index is 1.46. The van der Waals surface area contributed by atoms with Crippen LogP contribution in [0.15, 0.2) is 96.2 Å². The van der Waals surface area contributed by atoms with Crippen LogP contribution < -0.4 is 0 Å². The molecule has 30 heavy (non-hydrogen) atoms. The predicted octanol–water partition coefficient (Wildman–Crippen LogP) is 4.99. The Labute approximate surface area is 181 Å². The molecule has 0 aliphatic rings. The van der Waals surface area contributed by atoms with Crippen molar-refractivity contribution >= 4 is 28.4 Å². The molecule has 0 fully saturated rings. The normalized spacial score (nSPS) is 10.8. The number of carbonyl (C=O) groups excluding carboxylic acids is 1. The molecule has 0 spiro atoms. The number of hydrogen-bond donors (Lipinski definition) is 0. The second-order valence-electron chi connectivity index (χ2n) is 7.06. The molecule has 1 heterocycles. The van der Waals surface area contributed by atoms with Crippen LogP contribution in [0, 0.1) is 0 Å². The number of fused-ring (bicyclic) bond motifs is 1. The maximum atomic E-state index is 13.1. The number of aromatic nitrogens is 2. The lowest BCUT2D eigenvalue weighted by molar-refractivity contribution is -0.128. The van der Waals surface area contributed by atoms with Crippen LogP contribution in [0.3, 0.4) is 0 Å². The number of hydrogen-bond acceptors (Lipinski definition) is 4. The summed E-state index contributed by atoms with van der Waals surface area (Å²) < 4.78 is 0. The molecule has 1 aromatic heterocycles. The lowest BCUT2D eigenvalue weighted by atomic mass is 10.1. The van der Waals surface area contributed by atoms with Gasteiger partial charge in [-0.3, -0.25) is 4.79 Å². The van der Waals surface area contributed by atoms with Gasteiger partial charge in [-0.15, -0.1) is 5.10 Å². The van der Waals surface area contributed by atoms with Crippen LogP contribution in [0.2, 0.25) is 0 Å². The molecule has 0 radical (unpaired) electrons. The van der Waals surface area contributed by atoms with Crippen molar-refractivity contribution in [2.45, 2.75) is 18.0 Å². The molecule has 0 saturated heterocycles. The van der Waals surface area contributed by atoms with Crippen molar-refractivity contribution < 1.29 is 4.79 Å². The maximum absolute atomic E-state index is 13.1. The second-order valence-corrected chi connectivity index (χ2v) is 8.03. The fraction of sp³-hybridized carbons (Fsp3) is 0.160. The van der Waals surface area contributed by atoms with Gasteiger partial charge in [-0.2, -0.15) is 5.10 Å². The van der Waals surface area contributed by atoms with Crippen LogP contribution in [0.4, 0.5) is 0 Å². The minimum absolute atomic E-state index is 0.106. The molecule has 4 rings (SSSR count). The van der Waals surface area contributed by atoms with Gasteiger partial charge in [-0.1, -0.05) is 96.7 Å². The smallest absolute Gasteiger partial charge is 0.233 e. The first-order valence-electron chi connectivity index (χ1n) is 9.98. The first-order valence-corrected chi connectivity index (χ1v) is 11.0. The van der Waals surface area contributed by atoms with Crippen molar-refractivity contribution in [1.29, 1.82) is 0 Å². The molecule has 0 unspecified atom stereocenters. The standard InChI is InChI=1S/C25H23N3OS/c29-24(19-30-25-23-14-8-7-13-22(23)17-26-27-25)28(18-21-11-5-2-6-12-21)16-15-20-9-3-1-4-10-20/h1-14,17H,15-16,18-19H2. The lowest BCUT2D eigenvalue weighted by Crippen LogP contribution is -2.33. The molecule has 0 N–H and O–H groups in total. The third kappa shape index (κ3) is 5.24. The number of amides is 1. The number of benzene rings is 3. The van der Waals surface area contributed by atoms with Crippen molar-refractivity contribution in [3.63, 3.8) is 0 Å². The van der Waals surface area contributed by atoms with Crippen LogP contribution in [-0.4, -0.2) is 33.3 Å². The van der Waals surface area contributed by atoms with E-state index in [1.165, 1.54) is 17.3 Å². The first kappa shape index (κ1) is 20.1. The zero-order chi connectivity index (χ0) is 20.6. The fourth-order valence-corrected chi connectivity index (χ4v) is 4.22. The molecule has 5 heteroatoms. The summed E-state index contributed by atoms with van der Waals surface area (Å²) in [6.45, 7) is 1.29. The van der Waals surface area contributed by atoms with Crippen molar-refractivity contribution in [2.75, 3.05) is 12.3 Å². The van der Waals surface area contributed by atoms with Gasteiger partial charge in [0.1, 0.15) is 5.03 Å². The second kappa shape index (κ2) is 10.0. The van der Waals surface area contributed by atoms with Gasteiger partial charge >= 0.3 is 0 Å². The van der Waals surface area contributed by atoms with E-state index in [1.54, 1.807) is 6.20 Å². The van der Waals surface area contributed by atoms with Crippen molar-refractivity contribution in [1.82, 2.24) is 15.1 Å². The van der Waals surface area contributed by atoms with Crippen LogP contribution in [0.25, 0.3) is 10.8 Å². The minimum atomic E-state index is 0.106. The summed E-state index contributed by atoms with van der Waals surface area (Å²) in [6, 6.07) is 28.4. The largest absolute Gasteiger partial charge is 0.337 e. The Bertz CT molecular complexity index is 1100. The molecule has 0 aliphatic heterocycles. The summed E-state index contributed by atoms with van der Waals surface area (Å²) in [5.41, 5.74) is 2.37. The first-order chi connectivity index (χ1) is 14.8. The Morgan fingerprint density at radius 2 is 1.50 bits per heavy atom. The lowest BCUT2D eigenvalue weighted by Gasteiger charge is -2.23. The summed E-state index contributed by atoms with van der Waals surface area (Å²) in [6.07, 6.45) is 2.58. The van der Waals surface area contributed by atoms with E-state index in [2.05, 4.69) is 34.5 Å². The van der Waals surface area contributed by atoms with Crippen LogP contribution in [0.5, 0.6) is 0 Å². The van der Waals surface area contributed by atoms with E-state index in [9.17, 15) is 4.79 Å². The van der Waals surface area contributed by atoms with E-state index in [0.717, 1.165) is 27.8 Å². The van der Waals surface area contributed by atoms with E-state index in [1.807, 2.05) is 65.6 Å². The van der Waals surface area contributed by atoms with Crippen LogP contribution >= 0.6 is 11.8 Å². The van der Waals surface area contributed by atoms with E-state index in [0.29, 0.717) is 18.8 Å². The van der Waals surface area contributed by atoms with E-state index >= 15 is 0 Å². The highest BCUT2D eigenvalue weighted by molar-refractivity contribution is 8.00. The minimum Gasteiger partial charge on any atom is -0.337 e. The molecule has 4 nitrogen and oxygen atoms in total. The summed E-state index contributed by atoms with van der Waals surface area (Å²) in [4.78, 5) is 15.1. The van der Waals surface area contributed by atoms with Gasteiger partial charge in [0, 0.05) is 23.9 Å². The van der Waals surface area contributed by atoms with Gasteiger partial charge < -0.3 is 4.90 Å². The third-order valence-corrected chi connectivity index (χ3v) is 5.92.